The van der Waals surface area contributed by atoms with Crippen LogP contribution in [-0.2, 0) is 6.42 Å². The highest BCUT2D eigenvalue weighted by Crippen LogP contribution is 2.30. The summed E-state index contributed by atoms with van der Waals surface area (Å²) in [7, 11) is 0. The molecule has 2 N–H and O–H groups in total. The van der Waals surface area contributed by atoms with E-state index < -0.39 is 0 Å². The van der Waals surface area contributed by atoms with Crippen molar-refractivity contribution in [2.45, 2.75) is 32.1 Å². The maximum Gasteiger partial charge on any atom is 0.146 e. The van der Waals surface area contributed by atoms with E-state index in [-0.39, 0.29) is 5.82 Å². The van der Waals surface area contributed by atoms with Crippen molar-refractivity contribution < 1.29 is 4.39 Å². The first-order chi connectivity index (χ1) is 6.77. The molecule has 0 aliphatic heterocycles. The molecule has 0 bridgehead atoms. The molecule has 0 unspecified atom stereocenters. The van der Waals surface area contributed by atoms with Gasteiger partial charge in [-0.15, -0.1) is 0 Å². The minimum Gasteiger partial charge on any atom is -0.396 e. The van der Waals surface area contributed by atoms with Gasteiger partial charge in [0, 0.05) is 0 Å². The molecule has 2 rings (SSSR count). The van der Waals surface area contributed by atoms with Gasteiger partial charge >= 0.3 is 0 Å². The highest BCUT2D eigenvalue weighted by Gasteiger charge is 2.17. The molecule has 0 amide bonds. The standard InChI is InChI=1S/C12H16FN/c13-11-7-3-6-10(12(11)14)8-9-4-1-2-5-9/h3,6-7,9H,1-2,4-5,8,14H2. The van der Waals surface area contributed by atoms with Crippen molar-refractivity contribution in [1.29, 1.82) is 0 Å². The Bertz CT molecular complexity index is 316. The van der Waals surface area contributed by atoms with Crippen LogP contribution < -0.4 is 5.73 Å². The lowest BCUT2D eigenvalue weighted by molar-refractivity contribution is 0.544. The summed E-state index contributed by atoms with van der Waals surface area (Å²) in [6.45, 7) is 0. The summed E-state index contributed by atoms with van der Waals surface area (Å²) in [5.41, 5.74) is 7.02. The lowest BCUT2D eigenvalue weighted by Crippen LogP contribution is -2.03. The van der Waals surface area contributed by atoms with Gasteiger partial charge in [-0.3, -0.25) is 0 Å². The fraction of sp³-hybridized carbons (Fsp3) is 0.500. The Balaban J connectivity index is 2.11. The summed E-state index contributed by atoms with van der Waals surface area (Å²) in [6, 6.07) is 5.11. The van der Waals surface area contributed by atoms with Crippen LogP contribution in [-0.4, -0.2) is 0 Å². The summed E-state index contributed by atoms with van der Waals surface area (Å²) in [5.74, 6) is 0.444. The molecule has 0 radical (unpaired) electrons. The molecule has 14 heavy (non-hydrogen) atoms. The van der Waals surface area contributed by atoms with Crippen LogP contribution in [0.25, 0.3) is 0 Å². The number of rotatable bonds is 2. The molecule has 1 aliphatic rings. The molecule has 1 nitrogen and oxygen atoms in total. The Morgan fingerprint density at radius 1 is 1.29 bits per heavy atom. The number of para-hydroxylation sites is 1. The SMILES string of the molecule is Nc1c(F)cccc1CC1CCCC1. The number of nitrogen functional groups attached to an aromatic ring is 1. The molecule has 1 saturated carbocycles. The average Bonchev–Trinajstić information content (AvgIpc) is 2.66. The van der Waals surface area contributed by atoms with E-state index in [0.717, 1.165) is 17.9 Å². The van der Waals surface area contributed by atoms with Gasteiger partial charge in [0.1, 0.15) is 5.82 Å². The Morgan fingerprint density at radius 2 is 2.00 bits per heavy atom. The zero-order valence-electron chi connectivity index (χ0n) is 8.30. The van der Waals surface area contributed by atoms with Crippen molar-refractivity contribution in [3.05, 3.63) is 29.6 Å². The third-order valence-corrected chi connectivity index (χ3v) is 3.13. The second-order valence-electron chi connectivity index (χ2n) is 4.17. The number of halogens is 1. The van der Waals surface area contributed by atoms with Crippen LogP contribution >= 0.6 is 0 Å². The summed E-state index contributed by atoms with van der Waals surface area (Å²) >= 11 is 0. The first kappa shape index (κ1) is 9.50. The van der Waals surface area contributed by atoms with E-state index in [1.807, 2.05) is 6.07 Å². The number of benzene rings is 1. The van der Waals surface area contributed by atoms with Crippen molar-refractivity contribution in [3.8, 4) is 0 Å². The van der Waals surface area contributed by atoms with Crippen LogP contribution in [0.4, 0.5) is 10.1 Å². The highest BCUT2D eigenvalue weighted by atomic mass is 19.1. The van der Waals surface area contributed by atoms with E-state index in [1.165, 1.54) is 31.7 Å². The second kappa shape index (κ2) is 3.99. The largest absolute Gasteiger partial charge is 0.396 e. The Hall–Kier alpha value is -1.05. The van der Waals surface area contributed by atoms with Gasteiger partial charge in [-0.25, -0.2) is 4.39 Å². The van der Waals surface area contributed by atoms with Gasteiger partial charge in [0.25, 0.3) is 0 Å². The molecule has 0 heterocycles. The van der Waals surface area contributed by atoms with Crippen molar-refractivity contribution >= 4 is 5.69 Å². The van der Waals surface area contributed by atoms with Crippen LogP contribution in [0, 0.1) is 11.7 Å². The van der Waals surface area contributed by atoms with E-state index in [9.17, 15) is 4.39 Å². The Labute approximate surface area is 84.1 Å². The van der Waals surface area contributed by atoms with Crippen molar-refractivity contribution in [3.63, 3.8) is 0 Å². The van der Waals surface area contributed by atoms with Gasteiger partial charge < -0.3 is 5.73 Å². The molecule has 2 heteroatoms. The van der Waals surface area contributed by atoms with Crippen molar-refractivity contribution in [2.24, 2.45) is 5.92 Å². The van der Waals surface area contributed by atoms with Gasteiger partial charge in [0.2, 0.25) is 0 Å². The highest BCUT2D eigenvalue weighted by molar-refractivity contribution is 5.48. The van der Waals surface area contributed by atoms with E-state index in [0.29, 0.717) is 5.69 Å². The van der Waals surface area contributed by atoms with Gasteiger partial charge in [0.15, 0.2) is 0 Å². The number of hydrogen-bond acceptors (Lipinski definition) is 1. The summed E-state index contributed by atoms with van der Waals surface area (Å²) in [4.78, 5) is 0. The van der Waals surface area contributed by atoms with E-state index in [2.05, 4.69) is 0 Å². The average molecular weight is 193 g/mol. The number of hydrogen-bond donors (Lipinski definition) is 1. The second-order valence-corrected chi connectivity index (χ2v) is 4.17. The van der Waals surface area contributed by atoms with Gasteiger partial charge in [-0.1, -0.05) is 37.8 Å². The third-order valence-electron chi connectivity index (χ3n) is 3.13. The van der Waals surface area contributed by atoms with Crippen molar-refractivity contribution in [1.82, 2.24) is 0 Å². The lowest BCUT2D eigenvalue weighted by atomic mass is 9.97. The van der Waals surface area contributed by atoms with E-state index in [4.69, 9.17) is 5.73 Å². The molecule has 1 aromatic rings. The van der Waals surface area contributed by atoms with E-state index >= 15 is 0 Å². The van der Waals surface area contributed by atoms with Crippen molar-refractivity contribution in [2.75, 3.05) is 5.73 Å². The quantitative estimate of drug-likeness (QED) is 0.717. The van der Waals surface area contributed by atoms with E-state index in [1.54, 1.807) is 6.07 Å². The summed E-state index contributed by atoms with van der Waals surface area (Å²) in [6.07, 6.45) is 6.13. The molecule has 76 valence electrons. The fourth-order valence-corrected chi connectivity index (χ4v) is 2.29. The molecular weight excluding hydrogens is 177 g/mol. The minimum absolute atomic E-state index is 0.277. The molecule has 0 atom stereocenters. The molecule has 1 aromatic carbocycles. The van der Waals surface area contributed by atoms with Crippen LogP contribution in [0.15, 0.2) is 18.2 Å². The third kappa shape index (κ3) is 1.89. The van der Waals surface area contributed by atoms with Crippen LogP contribution in [0.3, 0.4) is 0 Å². The first-order valence-electron chi connectivity index (χ1n) is 5.30. The predicted molar refractivity (Wildman–Crippen MR) is 56.5 cm³/mol. The summed E-state index contributed by atoms with van der Waals surface area (Å²) in [5, 5.41) is 0. The van der Waals surface area contributed by atoms with Gasteiger partial charge in [-0.2, -0.15) is 0 Å². The Morgan fingerprint density at radius 3 is 2.71 bits per heavy atom. The maximum atomic E-state index is 13.1. The molecule has 1 fully saturated rings. The topological polar surface area (TPSA) is 26.0 Å². The molecule has 0 aromatic heterocycles. The van der Waals surface area contributed by atoms with Gasteiger partial charge in [-0.05, 0) is 24.0 Å². The zero-order valence-corrected chi connectivity index (χ0v) is 8.30. The summed E-state index contributed by atoms with van der Waals surface area (Å²) < 4.78 is 13.1. The number of anilines is 1. The first-order valence-corrected chi connectivity index (χ1v) is 5.30. The molecule has 0 saturated heterocycles. The Kier molecular flexibility index (Phi) is 2.71. The van der Waals surface area contributed by atoms with Gasteiger partial charge in [0.05, 0.1) is 5.69 Å². The fourth-order valence-electron chi connectivity index (χ4n) is 2.29. The predicted octanol–water partition coefficient (Wildman–Crippen LogP) is 3.14. The lowest BCUT2D eigenvalue weighted by Gasteiger charge is -2.11. The zero-order chi connectivity index (χ0) is 9.97. The van der Waals surface area contributed by atoms with Crippen LogP contribution in [0.1, 0.15) is 31.2 Å². The number of nitrogens with two attached hydrogens (primary N) is 1. The van der Waals surface area contributed by atoms with Crippen LogP contribution in [0.2, 0.25) is 0 Å². The van der Waals surface area contributed by atoms with Crippen LogP contribution in [0.5, 0.6) is 0 Å². The maximum absolute atomic E-state index is 13.1. The minimum atomic E-state index is -0.277. The molecule has 0 spiro atoms. The monoisotopic (exact) mass is 193 g/mol. The normalized spacial score (nSPS) is 17.5. The molecule has 1 aliphatic carbocycles. The molecular formula is C12H16FN. The smallest absolute Gasteiger partial charge is 0.146 e.